The summed E-state index contributed by atoms with van der Waals surface area (Å²) in [5, 5.41) is 15.9. The van der Waals surface area contributed by atoms with Crippen LogP contribution in [0.5, 0.6) is 0 Å². The Kier molecular flexibility index (Phi) is 5.25. The van der Waals surface area contributed by atoms with E-state index >= 15 is 0 Å². The van der Waals surface area contributed by atoms with Gasteiger partial charge >= 0.3 is 6.03 Å². The maximum absolute atomic E-state index is 11.7. The molecule has 5 nitrogen and oxygen atoms in total. The lowest BCUT2D eigenvalue weighted by Gasteiger charge is -2.13. The van der Waals surface area contributed by atoms with Crippen molar-refractivity contribution in [2.45, 2.75) is 12.5 Å². The van der Waals surface area contributed by atoms with Gasteiger partial charge in [-0.05, 0) is 30.7 Å². The summed E-state index contributed by atoms with van der Waals surface area (Å²) in [5.41, 5.74) is 1.38. The predicted octanol–water partition coefficient (Wildman–Crippen LogP) is 2.92. The van der Waals surface area contributed by atoms with Gasteiger partial charge in [-0.1, -0.05) is 23.7 Å². The normalized spacial score (nSPS) is 12.0. The number of aromatic nitrogens is 1. The Hall–Kier alpha value is -1.98. The van der Waals surface area contributed by atoms with Crippen LogP contribution in [0.3, 0.4) is 0 Å². The number of amides is 2. The van der Waals surface area contributed by atoms with Crippen molar-refractivity contribution in [3.63, 3.8) is 0 Å². The first kappa shape index (κ1) is 15.4. The molecule has 0 aliphatic rings. The number of aliphatic hydroxyl groups excluding tert-OH is 1. The molecule has 112 valence electrons. The van der Waals surface area contributed by atoms with Gasteiger partial charge in [-0.15, -0.1) is 0 Å². The summed E-state index contributed by atoms with van der Waals surface area (Å²) in [5.74, 6) is 0. The highest BCUT2D eigenvalue weighted by atomic mass is 35.5. The van der Waals surface area contributed by atoms with E-state index < -0.39 is 6.10 Å². The van der Waals surface area contributed by atoms with Gasteiger partial charge in [0.2, 0.25) is 0 Å². The number of carbonyl (C=O) groups excluding carboxylic acids is 1. The van der Waals surface area contributed by atoms with Crippen molar-refractivity contribution in [3.8, 4) is 0 Å². The number of urea groups is 1. The molecule has 1 atom stereocenters. The Morgan fingerprint density at radius 3 is 2.76 bits per heavy atom. The Bertz CT molecular complexity index is 612. The number of hydrogen-bond acceptors (Lipinski definition) is 2. The summed E-state index contributed by atoms with van der Waals surface area (Å²) >= 11 is 5.95. The average Bonchev–Trinajstić information content (AvgIpc) is 2.87. The SMILES string of the molecule is Cn1cccc1[C@H](O)CCNC(=O)Nc1ccccc1Cl. The lowest BCUT2D eigenvalue weighted by Crippen LogP contribution is -2.30. The molecule has 1 aromatic heterocycles. The molecule has 0 aliphatic heterocycles. The summed E-state index contributed by atoms with van der Waals surface area (Å²) in [6.45, 7) is 0.364. The van der Waals surface area contributed by atoms with Crippen LogP contribution < -0.4 is 10.6 Å². The molecule has 0 spiro atoms. The molecule has 0 fully saturated rings. The van der Waals surface area contributed by atoms with Crippen LogP contribution >= 0.6 is 11.6 Å². The van der Waals surface area contributed by atoms with Crippen LogP contribution in [0.4, 0.5) is 10.5 Å². The third-order valence-electron chi connectivity index (χ3n) is 3.15. The lowest BCUT2D eigenvalue weighted by molar-refractivity contribution is 0.159. The monoisotopic (exact) mass is 307 g/mol. The largest absolute Gasteiger partial charge is 0.387 e. The van der Waals surface area contributed by atoms with Gasteiger partial charge in [0, 0.05) is 25.5 Å². The first-order chi connectivity index (χ1) is 10.1. The van der Waals surface area contributed by atoms with Crippen molar-refractivity contribution >= 4 is 23.3 Å². The fourth-order valence-corrected chi connectivity index (χ4v) is 2.20. The van der Waals surface area contributed by atoms with Crippen LogP contribution in [-0.4, -0.2) is 22.2 Å². The Morgan fingerprint density at radius 2 is 2.10 bits per heavy atom. The van der Waals surface area contributed by atoms with Gasteiger partial charge < -0.3 is 20.3 Å². The molecule has 6 heteroatoms. The van der Waals surface area contributed by atoms with Crippen molar-refractivity contribution in [1.82, 2.24) is 9.88 Å². The zero-order chi connectivity index (χ0) is 15.2. The van der Waals surface area contributed by atoms with E-state index in [0.717, 1.165) is 5.69 Å². The molecule has 2 aromatic rings. The standard InChI is InChI=1S/C15H18ClN3O2/c1-19-10-4-7-13(19)14(20)8-9-17-15(21)18-12-6-3-2-5-11(12)16/h2-7,10,14,20H,8-9H2,1H3,(H2,17,18,21)/t14-/m1/s1. The number of halogens is 1. The first-order valence-corrected chi connectivity index (χ1v) is 7.04. The number of para-hydroxylation sites is 1. The van der Waals surface area contributed by atoms with Gasteiger partial charge in [-0.25, -0.2) is 4.79 Å². The van der Waals surface area contributed by atoms with Gasteiger partial charge in [0.15, 0.2) is 0 Å². The average molecular weight is 308 g/mol. The highest BCUT2D eigenvalue weighted by Gasteiger charge is 2.11. The fraction of sp³-hybridized carbons (Fsp3) is 0.267. The molecule has 1 heterocycles. The van der Waals surface area contributed by atoms with E-state index in [-0.39, 0.29) is 6.03 Å². The van der Waals surface area contributed by atoms with Crippen molar-refractivity contribution in [3.05, 3.63) is 53.3 Å². The van der Waals surface area contributed by atoms with Crippen molar-refractivity contribution < 1.29 is 9.90 Å². The molecule has 3 N–H and O–H groups in total. The van der Waals surface area contributed by atoms with Gasteiger partial charge in [-0.2, -0.15) is 0 Å². The molecule has 0 saturated carbocycles. The van der Waals surface area contributed by atoms with Crippen LogP contribution in [0, 0.1) is 0 Å². The molecule has 0 radical (unpaired) electrons. The second-order valence-electron chi connectivity index (χ2n) is 4.71. The van der Waals surface area contributed by atoms with E-state index in [9.17, 15) is 9.90 Å². The van der Waals surface area contributed by atoms with Gasteiger partial charge in [0.05, 0.1) is 16.8 Å². The van der Waals surface area contributed by atoms with Crippen LogP contribution in [0.2, 0.25) is 5.02 Å². The number of nitrogens with zero attached hydrogens (tertiary/aromatic N) is 1. The minimum Gasteiger partial charge on any atom is -0.387 e. The van der Waals surface area contributed by atoms with E-state index in [0.29, 0.717) is 23.7 Å². The second kappa shape index (κ2) is 7.15. The molecule has 0 unspecified atom stereocenters. The minimum absolute atomic E-state index is 0.345. The van der Waals surface area contributed by atoms with Gasteiger partial charge in [0.1, 0.15) is 0 Å². The number of anilines is 1. The zero-order valence-corrected chi connectivity index (χ0v) is 12.5. The molecule has 2 amide bonds. The Balaban J connectivity index is 1.77. The lowest BCUT2D eigenvalue weighted by atomic mass is 10.2. The smallest absolute Gasteiger partial charge is 0.319 e. The number of benzene rings is 1. The topological polar surface area (TPSA) is 66.3 Å². The number of hydrogen-bond donors (Lipinski definition) is 3. The maximum atomic E-state index is 11.7. The van der Waals surface area contributed by atoms with Crippen molar-refractivity contribution in [2.75, 3.05) is 11.9 Å². The molecular weight excluding hydrogens is 290 g/mol. The highest BCUT2D eigenvalue weighted by molar-refractivity contribution is 6.33. The number of aliphatic hydroxyl groups is 1. The van der Waals surface area contributed by atoms with E-state index in [1.807, 2.05) is 29.9 Å². The quantitative estimate of drug-likeness (QED) is 0.795. The molecular formula is C15H18ClN3O2. The Labute approximate surface area is 128 Å². The summed E-state index contributed by atoms with van der Waals surface area (Å²) in [4.78, 5) is 11.7. The zero-order valence-electron chi connectivity index (χ0n) is 11.7. The molecule has 2 rings (SSSR count). The number of nitrogens with one attached hydrogen (secondary N) is 2. The second-order valence-corrected chi connectivity index (χ2v) is 5.12. The molecule has 21 heavy (non-hydrogen) atoms. The van der Waals surface area contributed by atoms with E-state index in [2.05, 4.69) is 10.6 Å². The minimum atomic E-state index is -0.606. The van der Waals surface area contributed by atoms with E-state index in [1.165, 1.54) is 0 Å². The summed E-state index contributed by atoms with van der Waals surface area (Å²) in [7, 11) is 1.87. The highest BCUT2D eigenvalue weighted by Crippen LogP contribution is 2.20. The Morgan fingerprint density at radius 1 is 1.33 bits per heavy atom. The van der Waals surface area contributed by atoms with Crippen LogP contribution in [0.15, 0.2) is 42.6 Å². The number of aryl methyl sites for hydroxylation is 1. The van der Waals surface area contributed by atoms with E-state index in [1.54, 1.807) is 24.3 Å². The predicted molar refractivity (Wildman–Crippen MR) is 83.5 cm³/mol. The van der Waals surface area contributed by atoms with E-state index in [4.69, 9.17) is 11.6 Å². The first-order valence-electron chi connectivity index (χ1n) is 6.66. The fourth-order valence-electron chi connectivity index (χ4n) is 2.02. The van der Waals surface area contributed by atoms with Gasteiger partial charge in [-0.3, -0.25) is 0 Å². The number of rotatable bonds is 5. The molecule has 0 bridgehead atoms. The van der Waals surface area contributed by atoms with Gasteiger partial charge in [0.25, 0.3) is 0 Å². The van der Waals surface area contributed by atoms with Crippen LogP contribution in [-0.2, 0) is 7.05 Å². The molecule has 0 saturated heterocycles. The molecule has 1 aromatic carbocycles. The number of carbonyl (C=O) groups is 1. The van der Waals surface area contributed by atoms with Crippen LogP contribution in [0.25, 0.3) is 0 Å². The van der Waals surface area contributed by atoms with Crippen LogP contribution in [0.1, 0.15) is 18.2 Å². The van der Waals surface area contributed by atoms with Crippen molar-refractivity contribution in [1.29, 1.82) is 0 Å². The summed E-state index contributed by atoms with van der Waals surface area (Å²) in [6, 6.07) is 10.4. The summed E-state index contributed by atoms with van der Waals surface area (Å²) in [6.07, 6.45) is 1.70. The third-order valence-corrected chi connectivity index (χ3v) is 3.48. The maximum Gasteiger partial charge on any atom is 0.319 e. The summed E-state index contributed by atoms with van der Waals surface area (Å²) < 4.78 is 1.86. The third kappa shape index (κ3) is 4.24. The molecule has 0 aliphatic carbocycles. The van der Waals surface area contributed by atoms with Crippen molar-refractivity contribution in [2.24, 2.45) is 7.05 Å².